The van der Waals surface area contributed by atoms with Crippen molar-refractivity contribution in [3.8, 4) is 17.4 Å². The maximum atomic E-state index is 10.8. The fraction of sp³-hybridized carbons (Fsp3) is 0. The van der Waals surface area contributed by atoms with Crippen LogP contribution in [-0.2, 0) is 0 Å². The fourth-order valence-electron chi connectivity index (χ4n) is 1.47. The van der Waals surface area contributed by atoms with Crippen molar-refractivity contribution in [1.82, 2.24) is 4.57 Å². The number of hydrogen-bond acceptors (Lipinski definition) is 4. The van der Waals surface area contributed by atoms with Crippen LogP contribution in [0.4, 0.5) is 5.69 Å². The predicted molar refractivity (Wildman–Crippen MR) is 55.8 cm³/mol. The van der Waals surface area contributed by atoms with Crippen LogP contribution in [0.3, 0.4) is 0 Å². The van der Waals surface area contributed by atoms with Gasteiger partial charge < -0.3 is 10.2 Å². The zero-order valence-corrected chi connectivity index (χ0v) is 8.07. The van der Waals surface area contributed by atoms with Gasteiger partial charge in [-0.05, 0) is 6.07 Å². The maximum absolute atomic E-state index is 10.8. The van der Waals surface area contributed by atoms with E-state index in [2.05, 4.69) is 0 Å². The Morgan fingerprint density at radius 1 is 1.06 bits per heavy atom. The molecule has 0 fully saturated rings. The molecule has 2 aromatic rings. The summed E-state index contributed by atoms with van der Waals surface area (Å²) in [4.78, 5) is 10.2. The first-order chi connectivity index (χ1) is 7.61. The van der Waals surface area contributed by atoms with Crippen molar-refractivity contribution in [2.45, 2.75) is 0 Å². The van der Waals surface area contributed by atoms with E-state index in [1.807, 2.05) is 0 Å². The molecule has 0 aliphatic carbocycles. The second-order valence-electron chi connectivity index (χ2n) is 3.13. The van der Waals surface area contributed by atoms with Crippen LogP contribution in [0.5, 0.6) is 11.8 Å². The summed E-state index contributed by atoms with van der Waals surface area (Å²) in [7, 11) is 0. The Kier molecular flexibility index (Phi) is 2.24. The topological polar surface area (TPSA) is 88.5 Å². The Hall–Kier alpha value is -2.50. The number of aromatic nitrogens is 1. The van der Waals surface area contributed by atoms with Crippen molar-refractivity contribution in [3.63, 3.8) is 0 Å². The second-order valence-corrected chi connectivity index (χ2v) is 3.13. The summed E-state index contributed by atoms with van der Waals surface area (Å²) >= 11 is 0. The van der Waals surface area contributed by atoms with Gasteiger partial charge in [0.25, 0.3) is 5.69 Å². The van der Waals surface area contributed by atoms with E-state index >= 15 is 0 Å². The van der Waals surface area contributed by atoms with Gasteiger partial charge in [0.15, 0.2) is 11.8 Å². The van der Waals surface area contributed by atoms with Crippen LogP contribution in [0, 0.1) is 10.1 Å². The molecule has 82 valence electrons. The summed E-state index contributed by atoms with van der Waals surface area (Å²) in [6.45, 7) is 0. The molecular weight excluding hydrogens is 212 g/mol. The van der Waals surface area contributed by atoms with E-state index in [9.17, 15) is 20.3 Å². The molecule has 6 heteroatoms. The van der Waals surface area contributed by atoms with E-state index in [1.165, 1.54) is 30.3 Å². The first-order valence-corrected chi connectivity index (χ1v) is 4.44. The van der Waals surface area contributed by atoms with Crippen LogP contribution in [-0.4, -0.2) is 19.7 Å². The number of hydrogen-bond donors (Lipinski definition) is 2. The van der Waals surface area contributed by atoms with E-state index in [1.54, 1.807) is 6.07 Å². The Bertz CT molecular complexity index is 528. The lowest BCUT2D eigenvalue weighted by molar-refractivity contribution is -0.384. The van der Waals surface area contributed by atoms with Gasteiger partial charge in [-0.15, -0.1) is 0 Å². The lowest BCUT2D eigenvalue weighted by atomic mass is 10.2. The highest BCUT2D eigenvalue weighted by atomic mass is 16.6. The molecule has 0 amide bonds. The second kappa shape index (κ2) is 3.58. The van der Waals surface area contributed by atoms with Crippen molar-refractivity contribution >= 4 is 5.69 Å². The lowest BCUT2D eigenvalue weighted by Crippen LogP contribution is -1.98. The molecule has 0 saturated heterocycles. The standard InChI is InChI=1S/C10H8N2O4/c13-9-5-6-10(14)11(9)7-3-1-2-4-8(7)12(15)16/h1-6,13-14H. The van der Waals surface area contributed by atoms with Gasteiger partial charge in [0.05, 0.1) is 4.92 Å². The van der Waals surface area contributed by atoms with Gasteiger partial charge in [-0.25, -0.2) is 4.57 Å². The first-order valence-electron chi connectivity index (χ1n) is 4.44. The summed E-state index contributed by atoms with van der Waals surface area (Å²) in [6.07, 6.45) is 0. The van der Waals surface area contributed by atoms with Gasteiger partial charge in [-0.2, -0.15) is 0 Å². The number of nitro groups is 1. The molecule has 0 aliphatic heterocycles. The van der Waals surface area contributed by atoms with Gasteiger partial charge in [-0.3, -0.25) is 10.1 Å². The zero-order chi connectivity index (χ0) is 11.7. The molecule has 0 aliphatic rings. The van der Waals surface area contributed by atoms with Crippen LogP contribution in [0.1, 0.15) is 0 Å². The fourth-order valence-corrected chi connectivity index (χ4v) is 1.47. The van der Waals surface area contributed by atoms with Crippen molar-refractivity contribution in [2.24, 2.45) is 0 Å². The molecule has 2 rings (SSSR count). The number of para-hydroxylation sites is 2. The minimum atomic E-state index is -0.575. The molecule has 0 spiro atoms. The third-order valence-corrected chi connectivity index (χ3v) is 2.16. The summed E-state index contributed by atoms with van der Waals surface area (Å²) < 4.78 is 0.998. The SMILES string of the molecule is O=[N+]([O-])c1ccccc1-n1c(O)ccc1O. The van der Waals surface area contributed by atoms with Crippen LogP contribution in [0.2, 0.25) is 0 Å². The van der Waals surface area contributed by atoms with Gasteiger partial charge in [0.1, 0.15) is 5.69 Å². The van der Waals surface area contributed by atoms with Gasteiger partial charge in [-0.1, -0.05) is 12.1 Å². The maximum Gasteiger partial charge on any atom is 0.293 e. The Morgan fingerprint density at radius 3 is 2.19 bits per heavy atom. The quantitative estimate of drug-likeness (QED) is 0.596. The predicted octanol–water partition coefficient (Wildman–Crippen LogP) is 1.80. The van der Waals surface area contributed by atoms with Gasteiger partial charge >= 0.3 is 0 Å². The van der Waals surface area contributed by atoms with Crippen molar-refractivity contribution in [3.05, 3.63) is 46.5 Å². The highest BCUT2D eigenvalue weighted by Gasteiger charge is 2.18. The molecule has 2 N–H and O–H groups in total. The van der Waals surface area contributed by atoms with Crippen LogP contribution >= 0.6 is 0 Å². The van der Waals surface area contributed by atoms with E-state index in [0.717, 1.165) is 4.57 Å². The summed E-state index contributed by atoms with van der Waals surface area (Å²) in [5.74, 6) is -0.515. The van der Waals surface area contributed by atoms with Gasteiger partial charge in [0.2, 0.25) is 0 Å². The number of nitro benzene ring substituents is 1. The van der Waals surface area contributed by atoms with Crippen molar-refractivity contribution in [2.75, 3.05) is 0 Å². The van der Waals surface area contributed by atoms with E-state index in [0.29, 0.717) is 0 Å². The minimum absolute atomic E-state index is 0.118. The molecular formula is C10H8N2O4. The molecule has 1 aromatic carbocycles. The molecule has 0 bridgehead atoms. The average molecular weight is 220 g/mol. The third kappa shape index (κ3) is 1.46. The number of rotatable bonds is 2. The Labute approximate surface area is 90.1 Å². The summed E-state index contributed by atoms with van der Waals surface area (Å²) in [5.41, 5.74) is -0.0724. The Morgan fingerprint density at radius 2 is 1.62 bits per heavy atom. The third-order valence-electron chi connectivity index (χ3n) is 2.16. The van der Waals surface area contributed by atoms with E-state index in [-0.39, 0.29) is 23.1 Å². The van der Waals surface area contributed by atoms with Crippen molar-refractivity contribution in [1.29, 1.82) is 0 Å². The summed E-state index contributed by atoms with van der Waals surface area (Å²) in [5, 5.41) is 29.7. The molecule has 0 unspecified atom stereocenters. The highest BCUT2D eigenvalue weighted by Crippen LogP contribution is 2.31. The monoisotopic (exact) mass is 220 g/mol. The Balaban J connectivity index is 2.69. The number of nitrogens with zero attached hydrogens (tertiary/aromatic N) is 2. The first kappa shape index (κ1) is 10.0. The average Bonchev–Trinajstić information content (AvgIpc) is 2.58. The minimum Gasteiger partial charge on any atom is -0.494 e. The number of aromatic hydroxyl groups is 2. The molecule has 0 saturated carbocycles. The largest absolute Gasteiger partial charge is 0.494 e. The van der Waals surface area contributed by atoms with Crippen molar-refractivity contribution < 1.29 is 15.1 Å². The normalized spacial score (nSPS) is 10.2. The lowest BCUT2D eigenvalue weighted by Gasteiger charge is -2.06. The number of benzene rings is 1. The molecule has 16 heavy (non-hydrogen) atoms. The molecule has 0 atom stereocenters. The van der Waals surface area contributed by atoms with Crippen LogP contribution in [0.25, 0.3) is 5.69 Å². The summed E-state index contributed by atoms with van der Waals surface area (Å²) in [6, 6.07) is 8.35. The van der Waals surface area contributed by atoms with E-state index < -0.39 is 4.92 Å². The van der Waals surface area contributed by atoms with Crippen LogP contribution < -0.4 is 0 Å². The molecule has 1 aromatic heterocycles. The molecule has 6 nitrogen and oxygen atoms in total. The molecule has 1 heterocycles. The zero-order valence-electron chi connectivity index (χ0n) is 8.07. The smallest absolute Gasteiger partial charge is 0.293 e. The highest BCUT2D eigenvalue weighted by molar-refractivity contribution is 5.56. The van der Waals surface area contributed by atoms with E-state index in [4.69, 9.17) is 0 Å². The van der Waals surface area contributed by atoms with Crippen LogP contribution in [0.15, 0.2) is 36.4 Å². The molecule has 0 radical (unpaired) electrons. The van der Waals surface area contributed by atoms with Gasteiger partial charge in [0, 0.05) is 18.2 Å².